The molecule has 0 unspecified atom stereocenters. The molecule has 0 saturated heterocycles. The summed E-state index contributed by atoms with van der Waals surface area (Å²) >= 11 is 6.04. The molecule has 3 rings (SSSR count). The van der Waals surface area contributed by atoms with Crippen molar-refractivity contribution >= 4 is 34.6 Å². The summed E-state index contributed by atoms with van der Waals surface area (Å²) in [5, 5.41) is 6.93. The number of nitrogens with one attached hydrogen (secondary N) is 2. The van der Waals surface area contributed by atoms with Gasteiger partial charge in [0.1, 0.15) is 17.8 Å². The average Bonchev–Trinajstić information content (AvgIpc) is 2.60. The Labute approximate surface area is 150 Å². The summed E-state index contributed by atoms with van der Waals surface area (Å²) in [5.41, 5.74) is 9.31. The van der Waals surface area contributed by atoms with Crippen LogP contribution in [0, 0.1) is 12.7 Å². The Morgan fingerprint density at radius 1 is 1.08 bits per heavy atom. The van der Waals surface area contributed by atoms with Gasteiger partial charge in [-0.05, 0) is 42.3 Å². The standard InChI is InChI=1S/C18H17ClFN5/c1-11-2-5-13(19)8-15(11)25-18-16(21)17(23-10-24-18)22-9-12-3-6-14(20)7-4-12/h2-8,10H,9,21H2,1H3,(H2,22,23,24,25). The Kier molecular flexibility index (Phi) is 5.00. The van der Waals surface area contributed by atoms with E-state index < -0.39 is 0 Å². The van der Waals surface area contributed by atoms with Crippen LogP contribution in [0.4, 0.5) is 27.4 Å². The van der Waals surface area contributed by atoms with E-state index in [1.807, 2.05) is 25.1 Å². The second-order valence-electron chi connectivity index (χ2n) is 5.55. The third-order valence-corrected chi connectivity index (χ3v) is 3.94. The lowest BCUT2D eigenvalue weighted by Gasteiger charge is -2.14. The van der Waals surface area contributed by atoms with E-state index in [1.54, 1.807) is 12.1 Å². The molecule has 4 N–H and O–H groups in total. The Morgan fingerprint density at radius 3 is 2.56 bits per heavy atom. The highest BCUT2D eigenvalue weighted by Gasteiger charge is 2.10. The molecule has 3 aromatic rings. The van der Waals surface area contributed by atoms with Crippen molar-refractivity contribution in [2.24, 2.45) is 0 Å². The quantitative estimate of drug-likeness (QED) is 0.626. The summed E-state index contributed by atoms with van der Waals surface area (Å²) in [4.78, 5) is 8.36. The number of nitrogen functional groups attached to an aromatic ring is 1. The van der Waals surface area contributed by atoms with Crippen LogP contribution in [0.25, 0.3) is 0 Å². The molecule has 0 saturated carbocycles. The van der Waals surface area contributed by atoms with Crippen molar-refractivity contribution in [1.82, 2.24) is 9.97 Å². The van der Waals surface area contributed by atoms with E-state index in [0.29, 0.717) is 28.9 Å². The summed E-state index contributed by atoms with van der Waals surface area (Å²) in [6.45, 7) is 2.43. The molecular formula is C18H17ClFN5. The van der Waals surface area contributed by atoms with Gasteiger partial charge in [-0.15, -0.1) is 0 Å². The first-order valence-electron chi connectivity index (χ1n) is 7.65. The first kappa shape index (κ1) is 17.0. The van der Waals surface area contributed by atoms with Crippen molar-refractivity contribution in [1.29, 1.82) is 0 Å². The Hall–Kier alpha value is -2.86. The van der Waals surface area contributed by atoms with Gasteiger partial charge in [0.2, 0.25) is 0 Å². The van der Waals surface area contributed by atoms with E-state index in [2.05, 4.69) is 20.6 Å². The molecule has 0 fully saturated rings. The summed E-state index contributed by atoms with van der Waals surface area (Å²) in [7, 11) is 0. The van der Waals surface area contributed by atoms with Crippen LogP contribution in [0.1, 0.15) is 11.1 Å². The number of rotatable bonds is 5. The predicted octanol–water partition coefficient (Wildman–Crippen LogP) is 4.52. The number of halogens is 2. The third kappa shape index (κ3) is 4.16. The Balaban J connectivity index is 1.77. The lowest BCUT2D eigenvalue weighted by atomic mass is 10.2. The monoisotopic (exact) mass is 357 g/mol. The summed E-state index contributed by atoms with van der Waals surface area (Å²) < 4.78 is 13.0. The molecule has 0 radical (unpaired) electrons. The summed E-state index contributed by atoms with van der Waals surface area (Å²) in [6.07, 6.45) is 1.42. The van der Waals surface area contributed by atoms with Crippen LogP contribution in [-0.2, 0) is 6.54 Å². The topological polar surface area (TPSA) is 75.9 Å². The maximum atomic E-state index is 13.0. The number of anilines is 4. The largest absolute Gasteiger partial charge is 0.393 e. The van der Waals surface area contributed by atoms with Crippen molar-refractivity contribution in [2.45, 2.75) is 13.5 Å². The number of hydrogen-bond acceptors (Lipinski definition) is 5. The second-order valence-corrected chi connectivity index (χ2v) is 5.99. The van der Waals surface area contributed by atoms with Crippen molar-refractivity contribution in [3.63, 3.8) is 0 Å². The number of aryl methyl sites for hydroxylation is 1. The molecule has 1 heterocycles. The fourth-order valence-electron chi connectivity index (χ4n) is 2.28. The molecule has 0 amide bonds. The molecule has 25 heavy (non-hydrogen) atoms. The molecule has 0 aliphatic heterocycles. The van der Waals surface area contributed by atoms with Gasteiger partial charge < -0.3 is 16.4 Å². The van der Waals surface area contributed by atoms with Gasteiger partial charge in [-0.3, -0.25) is 0 Å². The van der Waals surface area contributed by atoms with Crippen LogP contribution in [0.5, 0.6) is 0 Å². The first-order valence-corrected chi connectivity index (χ1v) is 8.02. The van der Waals surface area contributed by atoms with Crippen molar-refractivity contribution in [3.8, 4) is 0 Å². The van der Waals surface area contributed by atoms with Crippen LogP contribution >= 0.6 is 11.6 Å². The smallest absolute Gasteiger partial charge is 0.159 e. The van der Waals surface area contributed by atoms with Gasteiger partial charge in [-0.1, -0.05) is 29.8 Å². The fraction of sp³-hybridized carbons (Fsp3) is 0.111. The number of benzene rings is 2. The number of hydrogen-bond donors (Lipinski definition) is 3. The summed E-state index contributed by atoms with van der Waals surface area (Å²) in [5.74, 6) is 0.720. The zero-order valence-corrected chi connectivity index (χ0v) is 14.3. The van der Waals surface area contributed by atoms with Crippen molar-refractivity contribution in [3.05, 3.63) is 70.8 Å². The van der Waals surface area contributed by atoms with Gasteiger partial charge >= 0.3 is 0 Å². The van der Waals surface area contributed by atoms with Crippen LogP contribution in [0.15, 0.2) is 48.8 Å². The summed E-state index contributed by atoms with van der Waals surface area (Å²) in [6, 6.07) is 11.8. The van der Waals surface area contributed by atoms with E-state index in [1.165, 1.54) is 18.5 Å². The zero-order chi connectivity index (χ0) is 17.8. The second kappa shape index (κ2) is 7.36. The van der Waals surface area contributed by atoms with E-state index in [0.717, 1.165) is 16.8 Å². The fourth-order valence-corrected chi connectivity index (χ4v) is 2.45. The van der Waals surface area contributed by atoms with Crippen LogP contribution < -0.4 is 16.4 Å². The first-order chi connectivity index (χ1) is 12.0. The highest BCUT2D eigenvalue weighted by Crippen LogP contribution is 2.29. The Morgan fingerprint density at radius 2 is 1.80 bits per heavy atom. The highest BCUT2D eigenvalue weighted by molar-refractivity contribution is 6.30. The molecule has 7 heteroatoms. The van der Waals surface area contributed by atoms with E-state index >= 15 is 0 Å². The maximum absolute atomic E-state index is 13.0. The van der Waals surface area contributed by atoms with E-state index in [-0.39, 0.29) is 5.82 Å². The van der Waals surface area contributed by atoms with Gasteiger partial charge in [0.15, 0.2) is 11.6 Å². The van der Waals surface area contributed by atoms with Gasteiger partial charge in [0.05, 0.1) is 0 Å². The minimum absolute atomic E-state index is 0.270. The lowest BCUT2D eigenvalue weighted by Crippen LogP contribution is -2.08. The molecule has 0 atom stereocenters. The van der Waals surface area contributed by atoms with Crippen LogP contribution in [0.2, 0.25) is 5.02 Å². The number of aromatic nitrogens is 2. The average molecular weight is 358 g/mol. The minimum Gasteiger partial charge on any atom is -0.393 e. The SMILES string of the molecule is Cc1ccc(Cl)cc1Nc1ncnc(NCc2ccc(F)cc2)c1N. The van der Waals surface area contributed by atoms with Gasteiger partial charge in [0.25, 0.3) is 0 Å². The molecule has 2 aromatic carbocycles. The normalized spacial score (nSPS) is 10.5. The van der Waals surface area contributed by atoms with Gasteiger partial charge in [-0.25, -0.2) is 14.4 Å². The third-order valence-electron chi connectivity index (χ3n) is 3.71. The molecule has 0 bridgehead atoms. The molecule has 1 aromatic heterocycles. The van der Waals surface area contributed by atoms with Crippen molar-refractivity contribution in [2.75, 3.05) is 16.4 Å². The predicted molar refractivity (Wildman–Crippen MR) is 99.6 cm³/mol. The van der Waals surface area contributed by atoms with Gasteiger partial charge in [-0.2, -0.15) is 0 Å². The van der Waals surface area contributed by atoms with E-state index in [4.69, 9.17) is 17.3 Å². The van der Waals surface area contributed by atoms with Crippen LogP contribution in [-0.4, -0.2) is 9.97 Å². The van der Waals surface area contributed by atoms with Gasteiger partial charge in [0, 0.05) is 17.3 Å². The van der Waals surface area contributed by atoms with Crippen LogP contribution in [0.3, 0.4) is 0 Å². The molecular weight excluding hydrogens is 341 g/mol. The zero-order valence-electron chi connectivity index (χ0n) is 13.6. The van der Waals surface area contributed by atoms with E-state index in [9.17, 15) is 4.39 Å². The molecule has 128 valence electrons. The lowest BCUT2D eigenvalue weighted by molar-refractivity contribution is 0.627. The minimum atomic E-state index is -0.270. The molecule has 0 aliphatic rings. The Bertz CT molecular complexity index is 883. The number of nitrogens with two attached hydrogens (primary N) is 1. The van der Waals surface area contributed by atoms with Crippen molar-refractivity contribution < 1.29 is 4.39 Å². The molecule has 0 spiro atoms. The number of nitrogens with zero attached hydrogens (tertiary/aromatic N) is 2. The molecule has 5 nitrogen and oxygen atoms in total. The maximum Gasteiger partial charge on any atom is 0.159 e. The molecule has 0 aliphatic carbocycles. The highest BCUT2D eigenvalue weighted by atomic mass is 35.5.